The highest BCUT2D eigenvalue weighted by molar-refractivity contribution is 7.00. The van der Waals surface area contributed by atoms with Crippen molar-refractivity contribution in [3.8, 4) is 0 Å². The Morgan fingerprint density at radius 1 is 0.622 bits per heavy atom. The van der Waals surface area contributed by atoms with Crippen LogP contribution >= 0.6 is 0 Å². The van der Waals surface area contributed by atoms with Gasteiger partial charge in [0.1, 0.15) is 12.4 Å². The molecule has 0 aliphatic rings. The average Bonchev–Trinajstić information content (AvgIpc) is 3.02. The molecule has 0 saturated heterocycles. The summed E-state index contributed by atoms with van der Waals surface area (Å²) in [5, 5.41) is 13.6. The quantitative estimate of drug-likeness (QED) is 0.145. The average molecular weight is 639 g/mol. The number of hydrogen-bond acceptors (Lipinski definition) is 4. The molecule has 236 valence electrons. The Hall–Kier alpha value is -3.63. The van der Waals surface area contributed by atoms with E-state index < -0.39 is 34.8 Å². The largest absolute Gasteiger partial charge is 0.481 e. The molecule has 1 N–H and O–H groups in total. The zero-order valence-corrected chi connectivity index (χ0v) is 29.3. The number of benzene rings is 4. The van der Waals surface area contributed by atoms with Crippen LogP contribution in [0.25, 0.3) is 0 Å². The van der Waals surface area contributed by atoms with Gasteiger partial charge in [-0.1, -0.05) is 163 Å². The third-order valence-electron chi connectivity index (χ3n) is 8.55. The molecule has 0 amide bonds. The summed E-state index contributed by atoms with van der Waals surface area (Å²) in [6.07, 6.45) is -0.965. The van der Waals surface area contributed by atoms with Crippen LogP contribution in [0.4, 0.5) is 0 Å². The molecule has 7 heteroatoms. The van der Waals surface area contributed by atoms with Crippen LogP contribution in [0.1, 0.15) is 54.4 Å². The maximum absolute atomic E-state index is 13.0. The second-order valence-electron chi connectivity index (χ2n) is 13.7. The standard InChI is InChI=1S/C38H46O5Si2/c1-37(2,3)44(32-19-11-7-12-20-32,33-21-13-8-14-22-33)42-30(28-36(40)41)27-31(29-39)43-45(38(4,5)6,34-23-15-9-16-24-34)35-25-17-10-18-26-35/h7-26,29-31H,27-28H2,1-6H3,(H,40,41). The second kappa shape index (κ2) is 14.2. The van der Waals surface area contributed by atoms with Crippen LogP contribution in [0.2, 0.25) is 10.1 Å². The molecular weight excluding hydrogens is 593 g/mol. The first kappa shape index (κ1) is 34.3. The molecule has 0 bridgehead atoms. The molecule has 0 heterocycles. The van der Waals surface area contributed by atoms with Gasteiger partial charge in [0.15, 0.2) is 0 Å². The van der Waals surface area contributed by atoms with Crippen molar-refractivity contribution in [1.82, 2.24) is 0 Å². The van der Waals surface area contributed by atoms with Crippen molar-refractivity contribution in [3.05, 3.63) is 121 Å². The van der Waals surface area contributed by atoms with Gasteiger partial charge in [-0.05, 0) is 30.8 Å². The minimum Gasteiger partial charge on any atom is -0.481 e. The van der Waals surface area contributed by atoms with Crippen LogP contribution in [0.15, 0.2) is 121 Å². The number of carboxylic acid groups (broad SMARTS) is 1. The molecule has 5 nitrogen and oxygen atoms in total. The lowest BCUT2D eigenvalue weighted by molar-refractivity contribution is -0.139. The summed E-state index contributed by atoms with van der Waals surface area (Å²) >= 11 is 0. The van der Waals surface area contributed by atoms with Gasteiger partial charge in [-0.25, -0.2) is 0 Å². The molecule has 0 fully saturated rings. The van der Waals surface area contributed by atoms with Gasteiger partial charge in [-0.2, -0.15) is 0 Å². The number of carbonyl (C=O) groups excluding carboxylic acids is 1. The normalized spacial score (nSPS) is 14.0. The van der Waals surface area contributed by atoms with Crippen LogP contribution in [-0.4, -0.2) is 46.2 Å². The minimum atomic E-state index is -3.11. The zero-order chi connectivity index (χ0) is 32.7. The van der Waals surface area contributed by atoms with Crippen molar-refractivity contribution in [2.75, 3.05) is 0 Å². The molecule has 2 unspecified atom stereocenters. The number of aliphatic carboxylic acids is 1. The van der Waals surface area contributed by atoms with Crippen molar-refractivity contribution < 1.29 is 23.5 Å². The van der Waals surface area contributed by atoms with E-state index in [1.54, 1.807) is 0 Å². The van der Waals surface area contributed by atoms with Crippen molar-refractivity contribution in [3.63, 3.8) is 0 Å². The minimum absolute atomic E-state index is 0.116. The Morgan fingerprint density at radius 2 is 0.933 bits per heavy atom. The summed E-state index contributed by atoms with van der Waals surface area (Å²) in [7, 11) is -6.19. The Bertz CT molecular complexity index is 1440. The van der Waals surface area contributed by atoms with Gasteiger partial charge in [0, 0.05) is 6.42 Å². The van der Waals surface area contributed by atoms with Gasteiger partial charge < -0.3 is 18.8 Å². The highest BCUT2D eigenvalue weighted by atomic mass is 28.4. The van der Waals surface area contributed by atoms with E-state index in [4.69, 9.17) is 8.85 Å². The predicted molar refractivity (Wildman–Crippen MR) is 188 cm³/mol. The SMILES string of the molecule is CC(C)(C)[Si](OC(C=O)CC(CC(=O)O)O[Si](c1ccccc1)(c1ccccc1)C(C)(C)C)(c1ccccc1)c1ccccc1. The summed E-state index contributed by atoms with van der Waals surface area (Å²) in [6, 6.07) is 40.6. The fourth-order valence-electron chi connectivity index (χ4n) is 6.62. The third kappa shape index (κ3) is 7.28. The van der Waals surface area contributed by atoms with Gasteiger partial charge in [0.05, 0.1) is 12.5 Å². The first-order valence-corrected chi connectivity index (χ1v) is 19.4. The first-order valence-electron chi connectivity index (χ1n) is 15.6. The predicted octanol–water partition coefficient (Wildman–Crippen LogP) is 5.94. The molecule has 0 radical (unpaired) electrons. The van der Waals surface area contributed by atoms with Crippen LogP contribution in [-0.2, 0) is 18.4 Å². The summed E-state index contributed by atoms with van der Waals surface area (Å²) in [5.74, 6) is -0.979. The van der Waals surface area contributed by atoms with Crippen LogP contribution < -0.4 is 20.7 Å². The molecule has 0 aromatic heterocycles. The van der Waals surface area contributed by atoms with Gasteiger partial charge in [0.2, 0.25) is 0 Å². The molecule has 2 atom stereocenters. The highest BCUT2D eigenvalue weighted by Crippen LogP contribution is 2.40. The number of aldehydes is 1. The molecule has 4 aromatic rings. The molecule has 45 heavy (non-hydrogen) atoms. The molecule has 4 aromatic carbocycles. The molecular formula is C38H46O5Si2. The van der Waals surface area contributed by atoms with Crippen molar-refractivity contribution >= 4 is 49.6 Å². The van der Waals surface area contributed by atoms with Crippen LogP contribution in [0.5, 0.6) is 0 Å². The zero-order valence-electron chi connectivity index (χ0n) is 27.3. The fourth-order valence-corrected chi connectivity index (χ4v) is 15.9. The summed E-state index contributed by atoms with van der Waals surface area (Å²) in [5.41, 5.74) is 0. The summed E-state index contributed by atoms with van der Waals surface area (Å²) in [4.78, 5) is 25.4. The maximum Gasteiger partial charge on any atom is 0.305 e. The number of hydrogen-bond donors (Lipinski definition) is 1. The number of carboxylic acids is 1. The molecule has 0 aliphatic carbocycles. The number of carbonyl (C=O) groups is 2. The van der Waals surface area contributed by atoms with Gasteiger partial charge >= 0.3 is 5.97 Å². The Balaban J connectivity index is 1.84. The third-order valence-corrected chi connectivity index (χ3v) is 18.7. The fraction of sp³-hybridized carbons (Fsp3) is 0.316. The molecule has 0 spiro atoms. The van der Waals surface area contributed by atoms with Gasteiger partial charge in [-0.3, -0.25) is 4.79 Å². The Morgan fingerprint density at radius 3 is 1.20 bits per heavy atom. The van der Waals surface area contributed by atoms with Crippen molar-refractivity contribution in [1.29, 1.82) is 0 Å². The van der Waals surface area contributed by atoms with E-state index in [9.17, 15) is 14.7 Å². The van der Waals surface area contributed by atoms with Gasteiger partial charge in [-0.15, -0.1) is 0 Å². The number of rotatable bonds is 13. The van der Waals surface area contributed by atoms with Crippen LogP contribution in [0.3, 0.4) is 0 Å². The molecule has 0 saturated carbocycles. The first-order chi connectivity index (χ1) is 21.3. The van der Waals surface area contributed by atoms with E-state index in [0.717, 1.165) is 27.0 Å². The van der Waals surface area contributed by atoms with Crippen LogP contribution in [0, 0.1) is 0 Å². The monoisotopic (exact) mass is 638 g/mol. The Kier molecular flexibility index (Phi) is 10.8. The lowest BCUT2D eigenvalue weighted by Crippen LogP contribution is -2.69. The molecule has 0 aliphatic heterocycles. The van der Waals surface area contributed by atoms with E-state index in [0.29, 0.717) is 0 Å². The van der Waals surface area contributed by atoms with Gasteiger partial charge in [0.25, 0.3) is 16.6 Å². The lowest BCUT2D eigenvalue weighted by Gasteiger charge is -2.46. The maximum atomic E-state index is 13.0. The van der Waals surface area contributed by atoms with E-state index >= 15 is 0 Å². The van der Waals surface area contributed by atoms with E-state index in [1.165, 1.54) is 0 Å². The second-order valence-corrected chi connectivity index (χ2v) is 22.2. The summed E-state index contributed by atoms with van der Waals surface area (Å²) in [6.45, 7) is 13.0. The smallest absolute Gasteiger partial charge is 0.305 e. The van der Waals surface area contributed by atoms with E-state index in [1.807, 2.05) is 72.8 Å². The lowest BCUT2D eigenvalue weighted by atomic mass is 10.1. The summed E-state index contributed by atoms with van der Waals surface area (Å²) < 4.78 is 14.4. The highest BCUT2D eigenvalue weighted by Gasteiger charge is 2.54. The Labute approximate surface area is 270 Å². The topological polar surface area (TPSA) is 72.8 Å². The van der Waals surface area contributed by atoms with Crippen molar-refractivity contribution in [2.24, 2.45) is 0 Å². The molecule has 4 rings (SSSR count). The van der Waals surface area contributed by atoms with E-state index in [2.05, 4.69) is 90.1 Å². The van der Waals surface area contributed by atoms with Crippen molar-refractivity contribution in [2.45, 2.75) is 76.7 Å². The van der Waals surface area contributed by atoms with E-state index in [-0.39, 0.29) is 22.9 Å².